The molecule has 1 rings (SSSR count). The molecule has 3 N–H and O–H groups in total. The predicted octanol–water partition coefficient (Wildman–Crippen LogP) is 3.10. The van der Waals surface area contributed by atoms with Crippen molar-refractivity contribution in [1.29, 1.82) is 0 Å². The first-order valence-electron chi connectivity index (χ1n) is 5.79. The smallest absolute Gasteiger partial charge is 0.244 e. The number of halogens is 1. The maximum Gasteiger partial charge on any atom is 0.244 e. The molecule has 0 atom stereocenters. The van der Waals surface area contributed by atoms with Crippen LogP contribution in [0, 0.1) is 6.92 Å². The van der Waals surface area contributed by atoms with E-state index in [4.69, 9.17) is 17.3 Å². The van der Waals surface area contributed by atoms with E-state index in [2.05, 4.69) is 5.32 Å². The summed E-state index contributed by atoms with van der Waals surface area (Å²) in [5.41, 5.74) is 6.87. The number of hydrogen-bond acceptors (Lipinski definition) is 2. The fraction of sp³-hybridized carbons (Fsp3) is 0.462. The highest BCUT2D eigenvalue weighted by Gasteiger charge is 2.29. The Hall–Kier alpha value is -1.06. The second-order valence-electron chi connectivity index (χ2n) is 4.28. The van der Waals surface area contributed by atoms with Crippen LogP contribution in [0.2, 0.25) is 5.02 Å². The van der Waals surface area contributed by atoms with Gasteiger partial charge in [-0.15, -0.1) is 0 Å². The lowest BCUT2D eigenvalue weighted by Gasteiger charge is -2.25. The number of carbonyl (C=O) groups is 1. The zero-order chi connectivity index (χ0) is 13.1. The Labute approximate surface area is 107 Å². The third-order valence-electron chi connectivity index (χ3n) is 3.14. The van der Waals surface area contributed by atoms with Crippen LogP contribution in [0.3, 0.4) is 0 Å². The Morgan fingerprint density at radius 2 is 2.00 bits per heavy atom. The van der Waals surface area contributed by atoms with Gasteiger partial charge in [0, 0.05) is 10.7 Å². The summed E-state index contributed by atoms with van der Waals surface area (Å²) in [6, 6.07) is 5.43. The Morgan fingerprint density at radius 3 is 2.47 bits per heavy atom. The van der Waals surface area contributed by atoms with Crippen molar-refractivity contribution in [2.45, 2.75) is 39.2 Å². The molecule has 3 nitrogen and oxygen atoms in total. The summed E-state index contributed by atoms with van der Waals surface area (Å²) in [5, 5.41) is 3.44. The first kappa shape index (κ1) is 14.0. The monoisotopic (exact) mass is 254 g/mol. The largest absolute Gasteiger partial charge is 0.324 e. The van der Waals surface area contributed by atoms with Gasteiger partial charge in [-0.2, -0.15) is 0 Å². The molecule has 1 amide bonds. The summed E-state index contributed by atoms with van der Waals surface area (Å²) in [6.45, 7) is 5.73. The maximum atomic E-state index is 12.0. The van der Waals surface area contributed by atoms with E-state index in [9.17, 15) is 4.79 Å². The van der Waals surface area contributed by atoms with Crippen molar-refractivity contribution in [3.63, 3.8) is 0 Å². The number of hydrogen-bond donors (Lipinski definition) is 2. The normalized spacial score (nSPS) is 11.4. The third kappa shape index (κ3) is 3.20. The fourth-order valence-electron chi connectivity index (χ4n) is 1.50. The summed E-state index contributed by atoms with van der Waals surface area (Å²) < 4.78 is 0. The van der Waals surface area contributed by atoms with E-state index in [1.807, 2.05) is 32.9 Å². The first-order chi connectivity index (χ1) is 7.92. The van der Waals surface area contributed by atoms with Gasteiger partial charge >= 0.3 is 0 Å². The topological polar surface area (TPSA) is 55.1 Å². The number of aryl methyl sites for hydroxylation is 1. The highest BCUT2D eigenvalue weighted by molar-refractivity contribution is 6.31. The van der Waals surface area contributed by atoms with Gasteiger partial charge in [-0.25, -0.2) is 0 Å². The van der Waals surface area contributed by atoms with E-state index >= 15 is 0 Å². The van der Waals surface area contributed by atoms with Crippen molar-refractivity contribution in [3.8, 4) is 0 Å². The van der Waals surface area contributed by atoms with Crippen molar-refractivity contribution in [1.82, 2.24) is 0 Å². The second kappa shape index (κ2) is 5.52. The second-order valence-corrected chi connectivity index (χ2v) is 4.69. The van der Waals surface area contributed by atoms with Gasteiger partial charge < -0.3 is 11.1 Å². The molecule has 0 aromatic heterocycles. The standard InChI is InChI=1S/C13H19ClN2O/c1-4-13(15,5-2)12(17)16-10-7-6-9(3)11(14)8-10/h6-8H,4-5,15H2,1-3H3,(H,16,17). The molecule has 0 unspecified atom stereocenters. The molecule has 0 radical (unpaired) electrons. The molecule has 0 aliphatic heterocycles. The molecule has 0 bridgehead atoms. The number of nitrogens with one attached hydrogen (secondary N) is 1. The van der Waals surface area contributed by atoms with Crippen LogP contribution >= 0.6 is 11.6 Å². The molecule has 0 saturated heterocycles. The molecule has 1 aromatic carbocycles. The predicted molar refractivity (Wildman–Crippen MR) is 72.3 cm³/mol. The highest BCUT2D eigenvalue weighted by Crippen LogP contribution is 2.21. The highest BCUT2D eigenvalue weighted by atomic mass is 35.5. The van der Waals surface area contributed by atoms with E-state index in [0.717, 1.165) is 5.56 Å². The lowest BCUT2D eigenvalue weighted by molar-refractivity contribution is -0.121. The number of carbonyl (C=O) groups excluding carboxylic acids is 1. The Balaban J connectivity index is 2.84. The quantitative estimate of drug-likeness (QED) is 0.868. The van der Waals surface area contributed by atoms with Gasteiger partial charge in [0.05, 0.1) is 5.54 Å². The zero-order valence-electron chi connectivity index (χ0n) is 10.5. The Bertz CT molecular complexity index is 414. The van der Waals surface area contributed by atoms with Crippen LogP contribution in [0.15, 0.2) is 18.2 Å². The molecule has 0 aliphatic rings. The molecular weight excluding hydrogens is 236 g/mol. The number of rotatable bonds is 4. The molecule has 94 valence electrons. The minimum atomic E-state index is -0.808. The summed E-state index contributed by atoms with van der Waals surface area (Å²) in [7, 11) is 0. The van der Waals surface area contributed by atoms with Gasteiger partial charge in [-0.05, 0) is 37.5 Å². The Morgan fingerprint density at radius 1 is 1.41 bits per heavy atom. The zero-order valence-corrected chi connectivity index (χ0v) is 11.3. The molecule has 0 fully saturated rings. The minimum Gasteiger partial charge on any atom is -0.324 e. The van der Waals surface area contributed by atoms with Crippen molar-refractivity contribution in [3.05, 3.63) is 28.8 Å². The lowest BCUT2D eigenvalue weighted by atomic mass is 9.93. The molecule has 17 heavy (non-hydrogen) atoms. The average Bonchev–Trinajstić information content (AvgIpc) is 2.32. The van der Waals surface area contributed by atoms with E-state index in [1.54, 1.807) is 6.07 Å². The summed E-state index contributed by atoms with van der Waals surface area (Å²) in [4.78, 5) is 12.0. The van der Waals surface area contributed by atoms with Gasteiger partial charge in [0.15, 0.2) is 0 Å². The average molecular weight is 255 g/mol. The fourth-order valence-corrected chi connectivity index (χ4v) is 1.68. The van der Waals surface area contributed by atoms with Gasteiger partial charge in [0.1, 0.15) is 0 Å². The van der Waals surface area contributed by atoms with Crippen molar-refractivity contribution in [2.75, 3.05) is 5.32 Å². The molecule has 0 spiro atoms. The van der Waals surface area contributed by atoms with Crippen LogP contribution in [0.25, 0.3) is 0 Å². The SMILES string of the molecule is CCC(N)(CC)C(=O)Nc1ccc(C)c(Cl)c1. The first-order valence-corrected chi connectivity index (χ1v) is 6.17. The van der Waals surface area contributed by atoms with Crippen molar-refractivity contribution < 1.29 is 4.79 Å². The molecular formula is C13H19ClN2O. The molecule has 0 heterocycles. The van der Waals surface area contributed by atoms with Crippen LogP contribution in [0.1, 0.15) is 32.3 Å². The summed E-state index contributed by atoms with van der Waals surface area (Å²) in [5.74, 6) is -0.164. The van der Waals surface area contributed by atoms with Crippen molar-refractivity contribution >= 4 is 23.2 Å². The number of amides is 1. The van der Waals surface area contributed by atoms with E-state index in [0.29, 0.717) is 23.6 Å². The Kier molecular flexibility index (Phi) is 4.54. The van der Waals surface area contributed by atoms with Crippen LogP contribution in [-0.4, -0.2) is 11.4 Å². The summed E-state index contributed by atoms with van der Waals surface area (Å²) >= 11 is 6.00. The molecule has 0 aliphatic carbocycles. The lowest BCUT2D eigenvalue weighted by Crippen LogP contribution is -2.50. The van der Waals surface area contributed by atoms with Gasteiger partial charge in [0.25, 0.3) is 0 Å². The molecule has 0 saturated carbocycles. The van der Waals surface area contributed by atoms with Crippen molar-refractivity contribution in [2.24, 2.45) is 5.73 Å². The van der Waals surface area contributed by atoms with Gasteiger partial charge in [-0.1, -0.05) is 31.5 Å². The number of anilines is 1. The maximum absolute atomic E-state index is 12.0. The van der Waals surface area contributed by atoms with Crippen LogP contribution in [0.5, 0.6) is 0 Å². The van der Waals surface area contributed by atoms with Crippen LogP contribution in [0.4, 0.5) is 5.69 Å². The van der Waals surface area contributed by atoms with E-state index in [1.165, 1.54) is 0 Å². The number of benzene rings is 1. The summed E-state index contributed by atoms with van der Waals surface area (Å²) in [6.07, 6.45) is 1.21. The van der Waals surface area contributed by atoms with Gasteiger partial charge in [-0.3, -0.25) is 4.79 Å². The molecule has 4 heteroatoms. The number of nitrogens with two attached hydrogens (primary N) is 1. The van der Waals surface area contributed by atoms with E-state index < -0.39 is 5.54 Å². The van der Waals surface area contributed by atoms with E-state index in [-0.39, 0.29) is 5.91 Å². The third-order valence-corrected chi connectivity index (χ3v) is 3.55. The molecule has 1 aromatic rings. The van der Waals surface area contributed by atoms with Crippen LogP contribution < -0.4 is 11.1 Å². The van der Waals surface area contributed by atoms with Crippen LogP contribution in [-0.2, 0) is 4.79 Å². The minimum absolute atomic E-state index is 0.164. The van der Waals surface area contributed by atoms with Gasteiger partial charge in [0.2, 0.25) is 5.91 Å².